The molecule has 1 aromatic carbocycles. The molecule has 106 valence electrons. The van der Waals surface area contributed by atoms with Gasteiger partial charge in [-0.1, -0.05) is 12.1 Å². The molecule has 1 amide bonds. The number of nitrogen functional groups attached to an aromatic ring is 1. The number of benzene rings is 1. The van der Waals surface area contributed by atoms with Crippen LogP contribution in [0.25, 0.3) is 0 Å². The molecule has 0 saturated heterocycles. The molecule has 1 heterocycles. The van der Waals surface area contributed by atoms with E-state index in [0.29, 0.717) is 31.0 Å². The third-order valence-electron chi connectivity index (χ3n) is 2.86. The van der Waals surface area contributed by atoms with Crippen LogP contribution >= 0.6 is 0 Å². The van der Waals surface area contributed by atoms with Crippen molar-refractivity contribution < 1.29 is 9.53 Å². The molecule has 6 heteroatoms. The van der Waals surface area contributed by atoms with E-state index in [2.05, 4.69) is 9.97 Å². The highest BCUT2D eigenvalue weighted by Gasteiger charge is 2.10. The van der Waals surface area contributed by atoms with Crippen LogP contribution < -0.4 is 10.5 Å². The molecule has 0 aliphatic carbocycles. The minimum Gasteiger partial charge on any atom is -0.491 e. The zero-order valence-electron chi connectivity index (χ0n) is 11.4. The van der Waals surface area contributed by atoms with Gasteiger partial charge in [-0.3, -0.25) is 4.79 Å². The standard InChI is InChI=1S/C14H18N4O2/c1-18(10-13-16-7-8-17-13)14(19)6-9-20-12-5-3-2-4-11(12)15/h2-5,7-8H,6,9-10,15H2,1H3,(H,16,17). The quantitative estimate of drug-likeness (QED) is 0.780. The van der Waals surface area contributed by atoms with Crippen molar-refractivity contribution in [2.24, 2.45) is 0 Å². The summed E-state index contributed by atoms with van der Waals surface area (Å²) in [5.74, 6) is 1.36. The molecule has 0 fully saturated rings. The first kappa shape index (κ1) is 13.9. The molecule has 3 N–H and O–H groups in total. The maximum absolute atomic E-state index is 11.9. The predicted octanol–water partition coefficient (Wildman–Crippen LogP) is 1.42. The van der Waals surface area contributed by atoms with E-state index in [0.717, 1.165) is 5.82 Å². The van der Waals surface area contributed by atoms with Gasteiger partial charge < -0.3 is 20.4 Å². The molecule has 0 saturated carbocycles. The number of para-hydroxylation sites is 2. The van der Waals surface area contributed by atoms with Gasteiger partial charge in [-0.15, -0.1) is 0 Å². The fourth-order valence-electron chi connectivity index (χ4n) is 1.75. The van der Waals surface area contributed by atoms with Gasteiger partial charge in [-0.05, 0) is 12.1 Å². The molecule has 0 unspecified atom stereocenters. The number of aromatic amines is 1. The Balaban J connectivity index is 1.76. The summed E-state index contributed by atoms with van der Waals surface area (Å²) in [6, 6.07) is 7.23. The van der Waals surface area contributed by atoms with E-state index in [4.69, 9.17) is 10.5 Å². The number of nitrogens with zero attached hydrogens (tertiary/aromatic N) is 2. The van der Waals surface area contributed by atoms with Crippen molar-refractivity contribution >= 4 is 11.6 Å². The lowest BCUT2D eigenvalue weighted by Crippen LogP contribution is -2.28. The second-order valence-electron chi connectivity index (χ2n) is 4.42. The molecule has 2 rings (SSSR count). The number of anilines is 1. The van der Waals surface area contributed by atoms with Gasteiger partial charge in [-0.25, -0.2) is 4.98 Å². The first-order valence-electron chi connectivity index (χ1n) is 6.36. The maximum atomic E-state index is 11.9. The van der Waals surface area contributed by atoms with Crippen molar-refractivity contribution in [3.63, 3.8) is 0 Å². The summed E-state index contributed by atoms with van der Waals surface area (Å²) >= 11 is 0. The number of carbonyl (C=O) groups excluding carboxylic acids is 1. The molecule has 0 spiro atoms. The van der Waals surface area contributed by atoms with Crippen LogP contribution in [0.5, 0.6) is 5.75 Å². The molecule has 6 nitrogen and oxygen atoms in total. The number of H-pyrrole nitrogens is 1. The number of aromatic nitrogens is 2. The molecule has 20 heavy (non-hydrogen) atoms. The Kier molecular flexibility index (Phi) is 4.60. The van der Waals surface area contributed by atoms with Gasteiger partial charge in [0.1, 0.15) is 11.6 Å². The molecule has 0 radical (unpaired) electrons. The Hall–Kier alpha value is -2.50. The van der Waals surface area contributed by atoms with Crippen LogP contribution in [0.15, 0.2) is 36.7 Å². The van der Waals surface area contributed by atoms with Crippen LogP contribution in [0.3, 0.4) is 0 Å². The number of hydrogen-bond acceptors (Lipinski definition) is 4. The summed E-state index contributed by atoms with van der Waals surface area (Å²) in [6.07, 6.45) is 3.69. The highest BCUT2D eigenvalue weighted by molar-refractivity contribution is 5.75. The Labute approximate surface area is 117 Å². The topological polar surface area (TPSA) is 84.2 Å². The second kappa shape index (κ2) is 6.60. The number of carbonyl (C=O) groups is 1. The van der Waals surface area contributed by atoms with Crippen molar-refractivity contribution in [1.29, 1.82) is 0 Å². The Morgan fingerprint density at radius 2 is 2.25 bits per heavy atom. The van der Waals surface area contributed by atoms with Crippen molar-refractivity contribution in [2.45, 2.75) is 13.0 Å². The molecular formula is C14H18N4O2. The zero-order valence-corrected chi connectivity index (χ0v) is 11.4. The lowest BCUT2D eigenvalue weighted by Gasteiger charge is -2.16. The van der Waals surface area contributed by atoms with Gasteiger partial charge in [0.2, 0.25) is 5.91 Å². The van der Waals surface area contributed by atoms with Gasteiger partial charge in [0.15, 0.2) is 0 Å². The summed E-state index contributed by atoms with van der Waals surface area (Å²) in [4.78, 5) is 20.6. The number of rotatable bonds is 6. The number of ether oxygens (including phenoxy) is 1. The van der Waals surface area contributed by atoms with Crippen molar-refractivity contribution in [2.75, 3.05) is 19.4 Å². The van der Waals surface area contributed by atoms with Crippen LogP contribution in [0.4, 0.5) is 5.69 Å². The Bertz CT molecular complexity index is 554. The van der Waals surface area contributed by atoms with Gasteiger partial charge in [0, 0.05) is 19.4 Å². The van der Waals surface area contributed by atoms with E-state index in [9.17, 15) is 4.79 Å². The average Bonchev–Trinajstić information content (AvgIpc) is 2.93. The van der Waals surface area contributed by atoms with Crippen LogP contribution in [0, 0.1) is 0 Å². The molecular weight excluding hydrogens is 256 g/mol. The first-order chi connectivity index (χ1) is 9.66. The number of amides is 1. The molecule has 0 aliphatic heterocycles. The first-order valence-corrected chi connectivity index (χ1v) is 6.36. The average molecular weight is 274 g/mol. The minimum atomic E-state index is -0.00379. The fourth-order valence-corrected chi connectivity index (χ4v) is 1.75. The minimum absolute atomic E-state index is 0.00379. The van der Waals surface area contributed by atoms with Gasteiger partial charge in [0.05, 0.1) is 25.3 Å². The largest absolute Gasteiger partial charge is 0.491 e. The van der Waals surface area contributed by atoms with E-state index < -0.39 is 0 Å². The maximum Gasteiger partial charge on any atom is 0.226 e. The molecule has 2 aromatic rings. The number of nitrogens with one attached hydrogen (secondary N) is 1. The van der Waals surface area contributed by atoms with Crippen LogP contribution in [-0.2, 0) is 11.3 Å². The Morgan fingerprint density at radius 1 is 1.45 bits per heavy atom. The van der Waals surface area contributed by atoms with E-state index in [1.54, 1.807) is 36.5 Å². The second-order valence-corrected chi connectivity index (χ2v) is 4.42. The summed E-state index contributed by atoms with van der Waals surface area (Å²) in [5.41, 5.74) is 6.33. The summed E-state index contributed by atoms with van der Waals surface area (Å²) in [5, 5.41) is 0. The number of nitrogens with two attached hydrogens (primary N) is 1. The third-order valence-corrected chi connectivity index (χ3v) is 2.86. The van der Waals surface area contributed by atoms with Crippen molar-refractivity contribution in [3.8, 4) is 5.75 Å². The number of imidazole rings is 1. The monoisotopic (exact) mass is 274 g/mol. The van der Waals surface area contributed by atoms with Gasteiger partial charge in [-0.2, -0.15) is 0 Å². The smallest absolute Gasteiger partial charge is 0.226 e. The van der Waals surface area contributed by atoms with Crippen LogP contribution in [0.2, 0.25) is 0 Å². The highest BCUT2D eigenvalue weighted by Crippen LogP contribution is 2.19. The van der Waals surface area contributed by atoms with Crippen LogP contribution in [-0.4, -0.2) is 34.4 Å². The van der Waals surface area contributed by atoms with E-state index >= 15 is 0 Å². The lowest BCUT2D eigenvalue weighted by molar-refractivity contribution is -0.131. The summed E-state index contributed by atoms with van der Waals surface area (Å²) < 4.78 is 5.50. The normalized spacial score (nSPS) is 10.2. The molecule has 0 bridgehead atoms. The van der Waals surface area contributed by atoms with Crippen molar-refractivity contribution in [3.05, 3.63) is 42.5 Å². The fraction of sp³-hybridized carbons (Fsp3) is 0.286. The van der Waals surface area contributed by atoms with Crippen molar-refractivity contribution in [1.82, 2.24) is 14.9 Å². The third kappa shape index (κ3) is 3.74. The number of hydrogen-bond donors (Lipinski definition) is 2. The molecule has 1 aromatic heterocycles. The van der Waals surface area contributed by atoms with E-state index in [1.165, 1.54) is 0 Å². The molecule has 0 aliphatic rings. The lowest BCUT2D eigenvalue weighted by atomic mass is 10.3. The van der Waals surface area contributed by atoms with Gasteiger partial charge >= 0.3 is 0 Å². The van der Waals surface area contributed by atoms with E-state index in [-0.39, 0.29) is 5.91 Å². The summed E-state index contributed by atoms with van der Waals surface area (Å²) in [7, 11) is 1.74. The molecule has 0 atom stereocenters. The van der Waals surface area contributed by atoms with Crippen LogP contribution in [0.1, 0.15) is 12.2 Å². The van der Waals surface area contributed by atoms with Gasteiger partial charge in [0.25, 0.3) is 0 Å². The highest BCUT2D eigenvalue weighted by atomic mass is 16.5. The van der Waals surface area contributed by atoms with E-state index in [1.807, 2.05) is 12.1 Å². The SMILES string of the molecule is CN(Cc1ncc[nH]1)C(=O)CCOc1ccccc1N. The summed E-state index contributed by atoms with van der Waals surface area (Å²) in [6.45, 7) is 0.759. The Morgan fingerprint density at radius 3 is 2.95 bits per heavy atom. The zero-order chi connectivity index (χ0) is 14.4. The predicted molar refractivity (Wildman–Crippen MR) is 76.0 cm³/mol.